The average Bonchev–Trinajstić information content (AvgIpc) is 2.83. The van der Waals surface area contributed by atoms with E-state index >= 15 is 0 Å². The number of para-hydroxylation sites is 1. The summed E-state index contributed by atoms with van der Waals surface area (Å²) >= 11 is 6.21. The predicted molar refractivity (Wildman–Crippen MR) is 135 cm³/mol. The lowest BCUT2D eigenvalue weighted by molar-refractivity contribution is 0.302. The van der Waals surface area contributed by atoms with E-state index in [9.17, 15) is 4.39 Å². The Labute approximate surface area is 203 Å². The van der Waals surface area contributed by atoms with Gasteiger partial charge in [-0.1, -0.05) is 6.07 Å². The van der Waals surface area contributed by atoms with E-state index < -0.39 is 0 Å². The van der Waals surface area contributed by atoms with Crippen LogP contribution in [-0.2, 0) is 0 Å². The average molecular weight is 479 g/mol. The van der Waals surface area contributed by atoms with Crippen molar-refractivity contribution in [3.8, 4) is 5.75 Å². The molecule has 0 radical (unpaired) electrons. The quantitative estimate of drug-likeness (QED) is 0.298. The topological polar surface area (TPSA) is 59.9 Å². The monoisotopic (exact) mass is 478 g/mol. The number of rotatable bonds is 6. The second-order valence-electron chi connectivity index (χ2n) is 9.26. The van der Waals surface area contributed by atoms with Gasteiger partial charge in [0.25, 0.3) is 0 Å². The number of methoxy groups -OCH3 is 1. The summed E-state index contributed by atoms with van der Waals surface area (Å²) in [6.07, 6.45) is 7.40. The lowest BCUT2D eigenvalue weighted by Gasteiger charge is -2.31. The third kappa shape index (κ3) is 4.64. The molecule has 1 N–H and O–H groups in total. The van der Waals surface area contributed by atoms with Crippen molar-refractivity contribution in [2.75, 3.05) is 12.4 Å². The number of hydrogen-bond acceptors (Lipinski definition) is 5. The van der Waals surface area contributed by atoms with Gasteiger partial charge in [0.05, 0.1) is 12.6 Å². The summed E-state index contributed by atoms with van der Waals surface area (Å²) in [5.74, 6) is 2.29. The summed E-state index contributed by atoms with van der Waals surface area (Å²) in [5, 5.41) is 5.61. The molecule has 0 aliphatic heterocycles. The Bertz CT molecular complexity index is 1320. The molecule has 0 unspecified atom stereocenters. The Morgan fingerprint density at radius 2 is 1.91 bits per heavy atom. The molecule has 1 fully saturated rings. The Morgan fingerprint density at radius 1 is 1.09 bits per heavy atom. The van der Waals surface area contributed by atoms with Crippen molar-refractivity contribution >= 4 is 39.2 Å². The van der Waals surface area contributed by atoms with Gasteiger partial charge in [-0.15, -0.1) is 0 Å². The van der Waals surface area contributed by atoms with Gasteiger partial charge in [0, 0.05) is 23.0 Å². The molecular formula is C27H28ClFN4O. The van der Waals surface area contributed by atoms with Crippen LogP contribution >= 0.6 is 11.6 Å². The molecule has 7 heteroatoms. The molecule has 5 rings (SSSR count). The van der Waals surface area contributed by atoms with Crippen LogP contribution in [0.4, 0.5) is 10.2 Å². The zero-order chi connectivity index (χ0) is 23.7. The van der Waals surface area contributed by atoms with E-state index in [0.717, 1.165) is 54.2 Å². The van der Waals surface area contributed by atoms with Crippen LogP contribution in [-0.4, -0.2) is 28.1 Å². The molecule has 34 heavy (non-hydrogen) atoms. The molecule has 1 atom stereocenters. The number of nitrogens with zero attached hydrogens (tertiary/aromatic N) is 3. The molecule has 1 saturated carbocycles. The number of benzene rings is 2. The lowest BCUT2D eigenvalue weighted by Crippen LogP contribution is -2.23. The van der Waals surface area contributed by atoms with Gasteiger partial charge in [-0.25, -0.2) is 14.4 Å². The number of pyridine rings is 1. The zero-order valence-electron chi connectivity index (χ0n) is 19.4. The molecule has 2 heterocycles. The van der Waals surface area contributed by atoms with Crippen LogP contribution in [0.15, 0.2) is 48.7 Å². The minimum absolute atomic E-state index is 0.202. The van der Waals surface area contributed by atoms with Gasteiger partial charge >= 0.3 is 0 Å². The molecule has 2 aromatic carbocycles. The van der Waals surface area contributed by atoms with Crippen LogP contribution in [0.1, 0.15) is 50.5 Å². The SMILES string of the molecule is COc1cccc2c(N[C@H](C)CC3CCC(c4ccnc5ccc(F)cc45)CC3)nc(Cl)nc12. The molecule has 1 aliphatic carbocycles. The van der Waals surface area contributed by atoms with Crippen LogP contribution in [0.25, 0.3) is 21.8 Å². The van der Waals surface area contributed by atoms with Gasteiger partial charge in [0.1, 0.15) is 22.9 Å². The van der Waals surface area contributed by atoms with Gasteiger partial charge in [-0.3, -0.25) is 4.98 Å². The second-order valence-corrected chi connectivity index (χ2v) is 9.60. The minimum atomic E-state index is -0.203. The molecule has 176 valence electrons. The highest BCUT2D eigenvalue weighted by atomic mass is 35.5. The van der Waals surface area contributed by atoms with E-state index in [1.165, 1.54) is 11.6 Å². The maximum absolute atomic E-state index is 13.9. The number of hydrogen-bond donors (Lipinski definition) is 1. The number of aromatic nitrogens is 3. The lowest BCUT2D eigenvalue weighted by atomic mass is 9.76. The van der Waals surface area contributed by atoms with E-state index in [4.69, 9.17) is 16.3 Å². The smallest absolute Gasteiger partial charge is 0.225 e. The van der Waals surface area contributed by atoms with Crippen molar-refractivity contribution in [3.63, 3.8) is 0 Å². The number of ether oxygens (including phenoxy) is 1. The van der Waals surface area contributed by atoms with E-state index in [2.05, 4.69) is 33.3 Å². The molecule has 2 aromatic heterocycles. The summed E-state index contributed by atoms with van der Waals surface area (Å²) in [4.78, 5) is 13.2. The Hall–Kier alpha value is -2.99. The first-order chi connectivity index (χ1) is 16.5. The van der Waals surface area contributed by atoms with E-state index in [-0.39, 0.29) is 17.1 Å². The molecular weight excluding hydrogens is 451 g/mol. The minimum Gasteiger partial charge on any atom is -0.494 e. The highest BCUT2D eigenvalue weighted by Gasteiger charge is 2.25. The number of anilines is 1. The van der Waals surface area contributed by atoms with Crippen molar-refractivity contribution in [3.05, 3.63) is 65.3 Å². The van der Waals surface area contributed by atoms with Crippen molar-refractivity contribution in [1.82, 2.24) is 15.0 Å². The van der Waals surface area contributed by atoms with Crippen LogP contribution < -0.4 is 10.1 Å². The summed E-state index contributed by atoms with van der Waals surface area (Å²) in [5.41, 5.74) is 2.80. The molecule has 0 saturated heterocycles. The zero-order valence-corrected chi connectivity index (χ0v) is 20.1. The first-order valence-corrected chi connectivity index (χ1v) is 12.2. The highest BCUT2D eigenvalue weighted by Crippen LogP contribution is 2.40. The van der Waals surface area contributed by atoms with Crippen LogP contribution in [0, 0.1) is 11.7 Å². The van der Waals surface area contributed by atoms with Gasteiger partial charge in [-0.2, -0.15) is 0 Å². The second kappa shape index (κ2) is 9.71. The first-order valence-electron chi connectivity index (χ1n) is 11.8. The van der Waals surface area contributed by atoms with Gasteiger partial charge < -0.3 is 10.1 Å². The molecule has 5 nitrogen and oxygen atoms in total. The Kier molecular flexibility index (Phi) is 6.50. The van der Waals surface area contributed by atoms with Crippen molar-refractivity contribution in [1.29, 1.82) is 0 Å². The largest absolute Gasteiger partial charge is 0.494 e. The van der Waals surface area contributed by atoms with E-state index in [1.807, 2.05) is 24.4 Å². The third-order valence-corrected chi connectivity index (χ3v) is 7.15. The summed E-state index contributed by atoms with van der Waals surface area (Å²) in [6.45, 7) is 2.19. The number of fused-ring (bicyclic) bond motifs is 2. The highest BCUT2D eigenvalue weighted by molar-refractivity contribution is 6.29. The van der Waals surface area contributed by atoms with E-state index in [0.29, 0.717) is 23.1 Å². The van der Waals surface area contributed by atoms with Crippen LogP contribution in [0.2, 0.25) is 5.28 Å². The van der Waals surface area contributed by atoms with Crippen LogP contribution in [0.3, 0.4) is 0 Å². The van der Waals surface area contributed by atoms with Crippen molar-refractivity contribution in [2.24, 2.45) is 5.92 Å². The predicted octanol–water partition coefficient (Wildman–Crippen LogP) is 7.14. The molecule has 0 bridgehead atoms. The number of halogens is 2. The van der Waals surface area contributed by atoms with Crippen molar-refractivity contribution in [2.45, 2.75) is 51.0 Å². The van der Waals surface area contributed by atoms with Gasteiger partial charge in [-0.05, 0) is 104 Å². The van der Waals surface area contributed by atoms with Crippen molar-refractivity contribution < 1.29 is 9.13 Å². The molecule has 4 aromatic rings. The van der Waals surface area contributed by atoms with Gasteiger partial charge in [0.2, 0.25) is 5.28 Å². The van der Waals surface area contributed by atoms with Gasteiger partial charge in [0.15, 0.2) is 0 Å². The standard InChI is InChI=1S/C27H28ClFN4O/c1-16(31-26-21-4-3-5-24(34-2)25(21)32-27(28)33-26)14-17-6-8-18(9-7-17)20-12-13-30-23-11-10-19(29)15-22(20)23/h3-5,10-13,15-18H,6-9,14H2,1-2H3,(H,31,32,33)/t16-,17?,18?/m1/s1. The molecule has 1 aliphatic rings. The summed E-state index contributed by atoms with van der Waals surface area (Å²) in [6, 6.07) is 13.0. The van der Waals surface area contributed by atoms with E-state index in [1.54, 1.807) is 19.2 Å². The third-order valence-electron chi connectivity index (χ3n) is 6.98. The fourth-order valence-corrected chi connectivity index (χ4v) is 5.54. The number of nitrogens with one attached hydrogen (secondary N) is 1. The Balaban J connectivity index is 1.25. The Morgan fingerprint density at radius 3 is 2.71 bits per heavy atom. The molecule has 0 spiro atoms. The fourth-order valence-electron chi connectivity index (χ4n) is 5.37. The summed E-state index contributed by atoms with van der Waals surface area (Å²) < 4.78 is 19.3. The maximum atomic E-state index is 13.9. The molecule has 0 amide bonds. The fraction of sp³-hybridized carbons (Fsp3) is 0.370. The first kappa shape index (κ1) is 22.8. The van der Waals surface area contributed by atoms with Crippen LogP contribution in [0.5, 0.6) is 5.75 Å². The normalized spacial score (nSPS) is 19.3. The maximum Gasteiger partial charge on any atom is 0.225 e. The summed E-state index contributed by atoms with van der Waals surface area (Å²) in [7, 11) is 1.63.